The first-order valence-electron chi connectivity index (χ1n) is 7.37. The van der Waals surface area contributed by atoms with Crippen molar-refractivity contribution >= 4 is 5.82 Å². The molecule has 0 amide bonds. The summed E-state index contributed by atoms with van der Waals surface area (Å²) in [6, 6.07) is 6.55. The van der Waals surface area contributed by atoms with Crippen molar-refractivity contribution in [3.8, 4) is 0 Å². The molecule has 5 heteroatoms. The highest BCUT2D eigenvalue weighted by Crippen LogP contribution is 2.17. The summed E-state index contributed by atoms with van der Waals surface area (Å²) in [5.41, 5.74) is 0. The van der Waals surface area contributed by atoms with Crippen LogP contribution in [0.4, 0.5) is 5.82 Å². The lowest BCUT2D eigenvalue weighted by Gasteiger charge is -2.33. The van der Waals surface area contributed by atoms with Gasteiger partial charge in [0, 0.05) is 38.4 Å². The second-order valence-electron chi connectivity index (χ2n) is 5.77. The predicted octanol–water partition coefficient (Wildman–Crippen LogP) is 0.563. The van der Waals surface area contributed by atoms with E-state index in [1.54, 1.807) is 0 Å². The highest BCUT2D eigenvalue weighted by Gasteiger charge is 2.20. The minimum Gasteiger partial charge on any atom is -0.390 e. The normalized spacial score (nSPS) is 18.5. The van der Waals surface area contributed by atoms with Crippen LogP contribution in [0.1, 0.15) is 12.8 Å². The summed E-state index contributed by atoms with van der Waals surface area (Å²) in [6.07, 6.45) is 3.76. The van der Waals surface area contributed by atoms with E-state index in [9.17, 15) is 5.11 Å². The van der Waals surface area contributed by atoms with Gasteiger partial charge in [-0.25, -0.2) is 4.98 Å². The monoisotopic (exact) mass is 278 g/mol. The van der Waals surface area contributed by atoms with E-state index in [4.69, 9.17) is 0 Å². The second kappa shape index (κ2) is 7.57. The van der Waals surface area contributed by atoms with E-state index in [1.165, 1.54) is 0 Å². The van der Waals surface area contributed by atoms with Gasteiger partial charge < -0.3 is 20.2 Å². The van der Waals surface area contributed by atoms with Crippen molar-refractivity contribution in [3.05, 3.63) is 24.4 Å². The third-order valence-electron chi connectivity index (χ3n) is 3.69. The minimum atomic E-state index is -0.293. The van der Waals surface area contributed by atoms with E-state index < -0.39 is 0 Å². The average Bonchev–Trinajstić information content (AvgIpc) is 2.46. The molecule has 0 radical (unpaired) electrons. The largest absolute Gasteiger partial charge is 0.390 e. The van der Waals surface area contributed by atoms with Gasteiger partial charge in [0.1, 0.15) is 5.82 Å². The molecule has 5 nitrogen and oxygen atoms in total. The smallest absolute Gasteiger partial charge is 0.128 e. The fraction of sp³-hybridized carbons (Fsp3) is 0.667. The number of aliphatic hydroxyl groups is 1. The zero-order chi connectivity index (χ0) is 14.4. The third-order valence-corrected chi connectivity index (χ3v) is 3.69. The number of rotatable bonds is 6. The number of hydrogen-bond donors (Lipinski definition) is 2. The van der Waals surface area contributed by atoms with Crippen molar-refractivity contribution in [2.24, 2.45) is 0 Å². The molecule has 1 saturated heterocycles. The Labute approximate surface area is 121 Å². The Morgan fingerprint density at radius 2 is 2.15 bits per heavy atom. The number of likely N-dealkylation sites (N-methyl/N-ethyl adjacent to an activating group) is 1. The number of pyridine rings is 1. The van der Waals surface area contributed by atoms with Gasteiger partial charge in [0.25, 0.3) is 0 Å². The molecule has 112 valence electrons. The first kappa shape index (κ1) is 15.2. The third kappa shape index (κ3) is 4.74. The molecule has 20 heavy (non-hydrogen) atoms. The summed E-state index contributed by atoms with van der Waals surface area (Å²) >= 11 is 0. The predicted molar refractivity (Wildman–Crippen MR) is 82.0 cm³/mol. The van der Waals surface area contributed by atoms with Gasteiger partial charge >= 0.3 is 0 Å². The van der Waals surface area contributed by atoms with Gasteiger partial charge in [-0.3, -0.25) is 0 Å². The maximum Gasteiger partial charge on any atom is 0.128 e. The number of piperidine rings is 1. The molecule has 2 heterocycles. The van der Waals surface area contributed by atoms with Gasteiger partial charge in [-0.05, 0) is 39.1 Å². The lowest BCUT2D eigenvalue weighted by molar-refractivity contribution is 0.130. The Morgan fingerprint density at radius 3 is 2.75 bits per heavy atom. The highest BCUT2D eigenvalue weighted by atomic mass is 16.3. The van der Waals surface area contributed by atoms with Crippen molar-refractivity contribution < 1.29 is 5.11 Å². The highest BCUT2D eigenvalue weighted by molar-refractivity contribution is 5.38. The molecule has 0 aromatic carbocycles. The Kier molecular flexibility index (Phi) is 5.76. The standard InChI is InChI=1S/C15H26N4O/c1-18(2)12-14(20)11-17-13-6-9-19(10-7-13)15-5-3-4-8-16-15/h3-5,8,13-14,17,20H,6-7,9-12H2,1-2H3. The molecule has 1 aliphatic rings. The zero-order valence-electron chi connectivity index (χ0n) is 12.5. The van der Waals surface area contributed by atoms with Gasteiger partial charge in [-0.15, -0.1) is 0 Å². The van der Waals surface area contributed by atoms with Gasteiger partial charge in [-0.2, -0.15) is 0 Å². The molecule has 1 aromatic rings. The van der Waals surface area contributed by atoms with E-state index in [2.05, 4.69) is 21.3 Å². The first-order valence-corrected chi connectivity index (χ1v) is 7.37. The van der Waals surface area contributed by atoms with Crippen LogP contribution >= 0.6 is 0 Å². The molecule has 0 aliphatic carbocycles. The minimum absolute atomic E-state index is 0.293. The van der Waals surface area contributed by atoms with E-state index >= 15 is 0 Å². The molecule has 0 saturated carbocycles. The molecule has 2 rings (SSSR count). The molecule has 0 bridgehead atoms. The molecule has 1 aromatic heterocycles. The van der Waals surface area contributed by atoms with Crippen LogP contribution < -0.4 is 10.2 Å². The summed E-state index contributed by atoms with van der Waals surface area (Å²) in [4.78, 5) is 8.73. The van der Waals surface area contributed by atoms with E-state index in [1.807, 2.05) is 37.3 Å². The summed E-state index contributed by atoms with van der Waals surface area (Å²) in [6.45, 7) is 3.43. The van der Waals surface area contributed by atoms with Crippen LogP contribution in [0.15, 0.2) is 24.4 Å². The maximum atomic E-state index is 9.86. The molecule has 1 atom stereocenters. The van der Waals surface area contributed by atoms with E-state index in [0.29, 0.717) is 19.1 Å². The molecule has 1 unspecified atom stereocenters. The number of anilines is 1. The summed E-state index contributed by atoms with van der Waals surface area (Å²) < 4.78 is 0. The SMILES string of the molecule is CN(C)CC(O)CNC1CCN(c2ccccn2)CC1. The van der Waals surface area contributed by atoms with Gasteiger partial charge in [0.15, 0.2) is 0 Å². The van der Waals surface area contributed by atoms with Crippen molar-refractivity contribution in [2.75, 3.05) is 45.2 Å². The number of nitrogens with zero attached hydrogens (tertiary/aromatic N) is 3. The van der Waals surface area contributed by atoms with Crippen LogP contribution in [0.5, 0.6) is 0 Å². The molecule has 2 N–H and O–H groups in total. The van der Waals surface area contributed by atoms with E-state index in [-0.39, 0.29) is 6.10 Å². The Bertz CT molecular complexity index is 377. The van der Waals surface area contributed by atoms with Crippen molar-refractivity contribution in [3.63, 3.8) is 0 Å². The van der Waals surface area contributed by atoms with Gasteiger partial charge in [0.2, 0.25) is 0 Å². The number of nitrogens with one attached hydrogen (secondary N) is 1. The summed E-state index contributed by atoms with van der Waals surface area (Å²) in [5, 5.41) is 13.3. The van der Waals surface area contributed by atoms with Crippen molar-refractivity contribution in [1.82, 2.24) is 15.2 Å². The topological polar surface area (TPSA) is 51.6 Å². The zero-order valence-corrected chi connectivity index (χ0v) is 12.5. The van der Waals surface area contributed by atoms with Crippen LogP contribution in [0, 0.1) is 0 Å². The molecular weight excluding hydrogens is 252 g/mol. The van der Waals surface area contributed by atoms with Gasteiger partial charge in [-0.1, -0.05) is 6.07 Å². The molecule has 1 fully saturated rings. The summed E-state index contributed by atoms with van der Waals surface area (Å²) in [5.74, 6) is 1.07. The molecule has 0 spiro atoms. The summed E-state index contributed by atoms with van der Waals surface area (Å²) in [7, 11) is 3.96. The van der Waals surface area contributed by atoms with Gasteiger partial charge in [0.05, 0.1) is 6.10 Å². The number of aromatic nitrogens is 1. The second-order valence-corrected chi connectivity index (χ2v) is 5.77. The average molecular weight is 278 g/mol. The maximum absolute atomic E-state index is 9.86. The van der Waals surface area contributed by atoms with Crippen LogP contribution in [-0.2, 0) is 0 Å². The van der Waals surface area contributed by atoms with Crippen LogP contribution in [0.2, 0.25) is 0 Å². The molecular formula is C15H26N4O. The van der Waals surface area contributed by atoms with Crippen LogP contribution in [-0.4, -0.2) is 67.4 Å². The van der Waals surface area contributed by atoms with Crippen LogP contribution in [0.25, 0.3) is 0 Å². The fourth-order valence-corrected chi connectivity index (χ4v) is 2.64. The molecule has 1 aliphatic heterocycles. The first-order chi connectivity index (χ1) is 9.65. The lowest BCUT2D eigenvalue weighted by atomic mass is 10.0. The Balaban J connectivity index is 1.69. The van der Waals surface area contributed by atoms with Crippen LogP contribution in [0.3, 0.4) is 0 Å². The Hall–Kier alpha value is -1.17. The Morgan fingerprint density at radius 1 is 1.40 bits per heavy atom. The van der Waals surface area contributed by atoms with Crippen molar-refractivity contribution in [1.29, 1.82) is 0 Å². The van der Waals surface area contributed by atoms with Crippen molar-refractivity contribution in [2.45, 2.75) is 25.0 Å². The number of hydrogen-bond acceptors (Lipinski definition) is 5. The van der Waals surface area contributed by atoms with E-state index in [0.717, 1.165) is 31.7 Å². The fourth-order valence-electron chi connectivity index (χ4n) is 2.64. The lowest BCUT2D eigenvalue weighted by Crippen LogP contribution is -2.46. The quantitative estimate of drug-likeness (QED) is 0.796. The number of aliphatic hydroxyl groups excluding tert-OH is 1.